The molecule has 0 unspecified atom stereocenters. The molecule has 0 saturated carbocycles. The van der Waals surface area contributed by atoms with Gasteiger partial charge in [-0.3, -0.25) is 9.36 Å². The number of thioether (sulfide) groups is 1. The number of rotatable bonds is 7. The summed E-state index contributed by atoms with van der Waals surface area (Å²) in [4.78, 5) is 12.0. The molecule has 1 amide bonds. The zero-order valence-electron chi connectivity index (χ0n) is 13.5. The van der Waals surface area contributed by atoms with Crippen LogP contribution in [0.3, 0.4) is 0 Å². The van der Waals surface area contributed by atoms with Crippen LogP contribution in [0.5, 0.6) is 5.75 Å². The van der Waals surface area contributed by atoms with E-state index in [4.69, 9.17) is 9.47 Å². The van der Waals surface area contributed by atoms with Gasteiger partial charge in [-0.25, -0.2) is 0 Å². The van der Waals surface area contributed by atoms with Gasteiger partial charge in [0.05, 0.1) is 24.7 Å². The summed E-state index contributed by atoms with van der Waals surface area (Å²) >= 11 is 1.35. The molecule has 0 aliphatic carbocycles. The first-order valence-electron chi connectivity index (χ1n) is 7.82. The van der Waals surface area contributed by atoms with Crippen LogP contribution in [0, 0.1) is 0 Å². The van der Waals surface area contributed by atoms with Gasteiger partial charge >= 0.3 is 0 Å². The minimum Gasteiger partial charge on any atom is -0.497 e. The van der Waals surface area contributed by atoms with Gasteiger partial charge in [0.1, 0.15) is 12.1 Å². The Morgan fingerprint density at radius 3 is 3.25 bits per heavy atom. The van der Waals surface area contributed by atoms with Crippen LogP contribution in [0.1, 0.15) is 12.8 Å². The van der Waals surface area contributed by atoms with Gasteiger partial charge in [0, 0.05) is 19.2 Å². The molecule has 128 valence electrons. The molecule has 2 heterocycles. The van der Waals surface area contributed by atoms with Gasteiger partial charge in [-0.15, -0.1) is 10.2 Å². The minimum absolute atomic E-state index is 0.0318. The molecule has 1 aliphatic heterocycles. The Hall–Kier alpha value is -2.06. The van der Waals surface area contributed by atoms with Crippen molar-refractivity contribution in [3.05, 3.63) is 30.6 Å². The Morgan fingerprint density at radius 2 is 2.46 bits per heavy atom. The summed E-state index contributed by atoms with van der Waals surface area (Å²) in [5.41, 5.74) is 0.890. The van der Waals surface area contributed by atoms with Gasteiger partial charge in [0.15, 0.2) is 5.16 Å². The van der Waals surface area contributed by atoms with Gasteiger partial charge in [0.25, 0.3) is 0 Å². The molecular weight excluding hydrogens is 328 g/mol. The van der Waals surface area contributed by atoms with E-state index in [-0.39, 0.29) is 17.8 Å². The highest BCUT2D eigenvalue weighted by Crippen LogP contribution is 2.22. The van der Waals surface area contributed by atoms with Crippen molar-refractivity contribution >= 4 is 17.7 Å². The molecule has 24 heavy (non-hydrogen) atoms. The van der Waals surface area contributed by atoms with Gasteiger partial charge in [-0.1, -0.05) is 17.8 Å². The average Bonchev–Trinajstić information content (AvgIpc) is 3.29. The van der Waals surface area contributed by atoms with E-state index in [1.165, 1.54) is 11.8 Å². The number of methoxy groups -OCH3 is 1. The number of nitrogens with one attached hydrogen (secondary N) is 1. The third-order valence-electron chi connectivity index (χ3n) is 3.73. The maximum Gasteiger partial charge on any atom is 0.230 e. The maximum absolute atomic E-state index is 12.0. The number of carbonyl (C=O) groups excluding carboxylic acids is 1. The van der Waals surface area contributed by atoms with Crippen LogP contribution in [-0.4, -0.2) is 52.8 Å². The lowest BCUT2D eigenvalue weighted by molar-refractivity contribution is -0.119. The predicted molar refractivity (Wildman–Crippen MR) is 90.6 cm³/mol. The highest BCUT2D eigenvalue weighted by molar-refractivity contribution is 7.99. The van der Waals surface area contributed by atoms with Crippen molar-refractivity contribution in [3.8, 4) is 11.4 Å². The Balaban J connectivity index is 1.56. The molecule has 2 aromatic rings. The summed E-state index contributed by atoms with van der Waals surface area (Å²) in [6.07, 6.45) is 3.86. The Bertz CT molecular complexity index is 685. The van der Waals surface area contributed by atoms with Crippen molar-refractivity contribution in [1.29, 1.82) is 0 Å². The SMILES string of the molecule is COc1cccc(-n2cnnc2SCC(=O)NC[C@@H]2CCCO2)c1. The highest BCUT2D eigenvalue weighted by atomic mass is 32.2. The van der Waals surface area contributed by atoms with Gasteiger partial charge in [-0.05, 0) is 25.0 Å². The molecule has 0 bridgehead atoms. The fourth-order valence-corrected chi connectivity index (χ4v) is 3.23. The number of ether oxygens (including phenoxy) is 2. The Morgan fingerprint density at radius 1 is 1.54 bits per heavy atom. The zero-order valence-corrected chi connectivity index (χ0v) is 14.3. The summed E-state index contributed by atoms with van der Waals surface area (Å²) in [6.45, 7) is 1.36. The molecule has 3 rings (SSSR count). The molecular formula is C16H20N4O3S. The molecule has 8 heteroatoms. The van der Waals surface area contributed by atoms with Crippen molar-refractivity contribution in [2.75, 3.05) is 26.0 Å². The first-order valence-corrected chi connectivity index (χ1v) is 8.80. The minimum atomic E-state index is -0.0318. The van der Waals surface area contributed by atoms with Crippen LogP contribution in [0.15, 0.2) is 35.7 Å². The predicted octanol–water partition coefficient (Wildman–Crippen LogP) is 1.66. The summed E-state index contributed by atoms with van der Waals surface area (Å²) in [5, 5.41) is 11.6. The first kappa shape index (κ1) is 16.8. The van der Waals surface area contributed by atoms with E-state index in [9.17, 15) is 4.79 Å². The lowest BCUT2D eigenvalue weighted by Gasteiger charge is -2.11. The lowest BCUT2D eigenvalue weighted by Crippen LogP contribution is -2.32. The van der Waals surface area contributed by atoms with Crippen molar-refractivity contribution in [1.82, 2.24) is 20.1 Å². The monoisotopic (exact) mass is 348 g/mol. The zero-order chi connectivity index (χ0) is 16.8. The summed E-state index contributed by atoms with van der Waals surface area (Å²) in [6, 6.07) is 7.61. The van der Waals surface area contributed by atoms with Gasteiger partial charge in [0.2, 0.25) is 5.91 Å². The van der Waals surface area contributed by atoms with Crippen LogP contribution in [0.4, 0.5) is 0 Å². The summed E-state index contributed by atoms with van der Waals surface area (Å²) < 4.78 is 12.6. The van der Waals surface area contributed by atoms with E-state index in [1.54, 1.807) is 13.4 Å². The van der Waals surface area contributed by atoms with E-state index >= 15 is 0 Å². The molecule has 0 radical (unpaired) electrons. The molecule has 1 atom stereocenters. The maximum atomic E-state index is 12.0. The second-order valence-electron chi connectivity index (χ2n) is 5.41. The number of hydrogen-bond acceptors (Lipinski definition) is 6. The topological polar surface area (TPSA) is 78.3 Å². The number of carbonyl (C=O) groups is 1. The quantitative estimate of drug-likeness (QED) is 0.767. The number of nitrogens with zero attached hydrogens (tertiary/aromatic N) is 3. The summed E-state index contributed by atoms with van der Waals surface area (Å²) in [7, 11) is 1.62. The smallest absolute Gasteiger partial charge is 0.230 e. The average molecular weight is 348 g/mol. The number of hydrogen-bond donors (Lipinski definition) is 1. The number of amides is 1. The van der Waals surface area contributed by atoms with Crippen molar-refractivity contribution in [3.63, 3.8) is 0 Å². The normalized spacial score (nSPS) is 17.0. The molecule has 1 aromatic heterocycles. The molecule has 1 N–H and O–H groups in total. The van der Waals surface area contributed by atoms with Gasteiger partial charge < -0.3 is 14.8 Å². The largest absolute Gasteiger partial charge is 0.497 e. The van der Waals surface area contributed by atoms with Crippen molar-refractivity contribution in [2.45, 2.75) is 24.1 Å². The molecule has 1 aromatic carbocycles. The van der Waals surface area contributed by atoms with E-state index in [1.807, 2.05) is 28.8 Å². The van der Waals surface area contributed by atoms with E-state index in [0.717, 1.165) is 30.9 Å². The fraction of sp³-hybridized carbons (Fsp3) is 0.438. The van der Waals surface area contributed by atoms with E-state index in [2.05, 4.69) is 15.5 Å². The van der Waals surface area contributed by atoms with Crippen LogP contribution in [0.25, 0.3) is 5.69 Å². The summed E-state index contributed by atoms with van der Waals surface area (Å²) in [5.74, 6) is 1.01. The van der Waals surface area contributed by atoms with E-state index in [0.29, 0.717) is 11.7 Å². The van der Waals surface area contributed by atoms with Crippen LogP contribution >= 0.6 is 11.8 Å². The third kappa shape index (κ3) is 4.27. The van der Waals surface area contributed by atoms with Crippen LogP contribution < -0.4 is 10.1 Å². The van der Waals surface area contributed by atoms with Crippen molar-refractivity contribution in [2.24, 2.45) is 0 Å². The molecule has 1 fully saturated rings. The molecule has 7 nitrogen and oxygen atoms in total. The fourth-order valence-electron chi connectivity index (χ4n) is 2.47. The first-order chi connectivity index (χ1) is 11.8. The number of benzene rings is 1. The second kappa shape index (κ2) is 8.16. The van der Waals surface area contributed by atoms with Crippen molar-refractivity contribution < 1.29 is 14.3 Å². The van der Waals surface area contributed by atoms with E-state index < -0.39 is 0 Å². The van der Waals surface area contributed by atoms with Crippen LogP contribution in [0.2, 0.25) is 0 Å². The Kier molecular flexibility index (Phi) is 5.71. The Labute approximate surface area is 144 Å². The highest BCUT2D eigenvalue weighted by Gasteiger charge is 2.16. The lowest BCUT2D eigenvalue weighted by atomic mass is 10.2. The molecule has 1 saturated heterocycles. The number of aromatic nitrogens is 3. The van der Waals surface area contributed by atoms with Crippen LogP contribution in [-0.2, 0) is 9.53 Å². The second-order valence-corrected chi connectivity index (χ2v) is 6.36. The molecule has 0 spiro atoms. The third-order valence-corrected chi connectivity index (χ3v) is 4.67. The standard InChI is InChI=1S/C16H20N4O3S/c1-22-13-5-2-4-12(8-13)20-11-18-19-16(20)24-10-15(21)17-9-14-6-3-7-23-14/h2,4-5,8,11,14H,3,6-7,9-10H2,1H3,(H,17,21)/t14-/m0/s1. The molecule has 1 aliphatic rings. The van der Waals surface area contributed by atoms with Gasteiger partial charge in [-0.2, -0.15) is 0 Å².